The first-order chi connectivity index (χ1) is 17.1. The largest absolute Gasteiger partial charge is 0.431 e. The van der Waals surface area contributed by atoms with Crippen LogP contribution in [-0.4, -0.2) is 64.6 Å². The van der Waals surface area contributed by atoms with Crippen LogP contribution in [0.15, 0.2) is 29.1 Å². The first-order valence-corrected chi connectivity index (χ1v) is 12.9. The van der Waals surface area contributed by atoms with E-state index in [1.165, 1.54) is 34.3 Å². The monoisotopic (exact) mass is 545 g/mol. The number of fused-ring (bicyclic) bond motifs is 1. The number of aromatic nitrogens is 4. The van der Waals surface area contributed by atoms with E-state index in [-0.39, 0.29) is 44.9 Å². The number of alkyl halides is 5. The quantitative estimate of drug-likeness (QED) is 0.310. The number of hydrogen-bond donors (Lipinski definition) is 0. The number of nitrogens with zero attached hydrogens (tertiary/aromatic N) is 5. The maximum atomic E-state index is 14.7. The average Bonchev–Trinajstić information content (AvgIpc) is 3.53. The maximum Gasteiger partial charge on any atom is 0.431 e. The van der Waals surface area contributed by atoms with E-state index in [0.717, 1.165) is 26.0 Å². The maximum absolute atomic E-state index is 14.7. The van der Waals surface area contributed by atoms with Gasteiger partial charge >= 0.3 is 6.18 Å². The first kappa shape index (κ1) is 26.8. The molecular weight excluding hydrogens is 521 g/mol. The molecule has 0 atom stereocenters. The number of imidazole rings is 2. The van der Waals surface area contributed by atoms with Gasteiger partial charge in [-0.05, 0) is 31.1 Å². The molecule has 0 amide bonds. The van der Waals surface area contributed by atoms with Gasteiger partial charge < -0.3 is 9.47 Å². The van der Waals surface area contributed by atoms with Crippen molar-refractivity contribution in [1.29, 1.82) is 0 Å². The first-order valence-electron chi connectivity index (χ1n) is 11.2. The lowest BCUT2D eigenvalue weighted by Gasteiger charge is -2.19. The van der Waals surface area contributed by atoms with Gasteiger partial charge in [-0.2, -0.15) is 13.2 Å². The van der Waals surface area contributed by atoms with Crippen LogP contribution >= 0.6 is 0 Å². The highest BCUT2D eigenvalue weighted by atomic mass is 32.2. The number of hydrogen-bond acceptors (Lipinski definition) is 6. The third kappa shape index (κ3) is 4.62. The van der Waals surface area contributed by atoms with Crippen molar-refractivity contribution in [2.75, 3.05) is 19.8 Å². The number of pyridine rings is 1. The van der Waals surface area contributed by atoms with Crippen LogP contribution in [0, 0.1) is 5.92 Å². The van der Waals surface area contributed by atoms with Crippen LogP contribution in [0.25, 0.3) is 23.2 Å². The molecule has 14 heteroatoms. The van der Waals surface area contributed by atoms with Gasteiger partial charge in [0.2, 0.25) is 0 Å². The van der Waals surface area contributed by atoms with Crippen molar-refractivity contribution in [3.8, 4) is 11.5 Å². The summed E-state index contributed by atoms with van der Waals surface area (Å²) in [5.41, 5.74) is -2.39. The van der Waals surface area contributed by atoms with Crippen molar-refractivity contribution in [3.05, 3.63) is 41.0 Å². The number of aldehydes is 1. The number of halogens is 5. The third-order valence-corrected chi connectivity index (χ3v) is 8.01. The van der Waals surface area contributed by atoms with Crippen LogP contribution in [0.5, 0.6) is 0 Å². The Bertz CT molecular complexity index is 1520. The van der Waals surface area contributed by atoms with Crippen LogP contribution in [0.3, 0.4) is 0 Å². The highest BCUT2D eigenvalue weighted by molar-refractivity contribution is 7.91. The zero-order chi connectivity index (χ0) is 27.5. The molecule has 0 N–H and O–H groups in total. The van der Waals surface area contributed by atoms with Gasteiger partial charge in [0.05, 0.1) is 11.4 Å². The van der Waals surface area contributed by atoms with E-state index in [0.29, 0.717) is 25.2 Å². The Hall–Kier alpha value is -3.29. The Morgan fingerprint density at radius 1 is 1.19 bits per heavy atom. The Kier molecular flexibility index (Phi) is 6.46. The molecule has 0 unspecified atom stereocenters. The second-order valence-corrected chi connectivity index (χ2v) is 11.2. The predicted octanol–water partition coefficient (Wildman–Crippen LogP) is 4.31. The molecule has 1 saturated carbocycles. The predicted molar refractivity (Wildman–Crippen MR) is 125 cm³/mol. The van der Waals surface area contributed by atoms with E-state index in [1.807, 2.05) is 0 Å². The average molecular weight is 546 g/mol. The molecule has 0 aromatic carbocycles. The molecule has 1 aliphatic rings. The molecule has 37 heavy (non-hydrogen) atoms. The van der Waals surface area contributed by atoms with Crippen molar-refractivity contribution in [3.63, 3.8) is 0 Å². The number of allylic oxidation sites excluding steroid dienone is 1. The lowest BCUT2D eigenvalue weighted by Crippen LogP contribution is -2.25. The standard InChI is InChI=1S/C23H24F5N5O3S/c1-5-37(35,36)21-19(30-18-10-14(8-9-33(18)21)22(24,25)13-6-7-13)20-29-15(16(12-34)32(20)4)11-17(31(2)3)23(26,27)28/h8-13H,5-7H2,1-4H3/b17-11-. The minimum absolute atomic E-state index is 0.100. The van der Waals surface area contributed by atoms with Gasteiger partial charge in [0, 0.05) is 38.8 Å². The summed E-state index contributed by atoms with van der Waals surface area (Å²) in [4.78, 5) is 21.0. The molecule has 3 aromatic heterocycles. The summed E-state index contributed by atoms with van der Waals surface area (Å²) >= 11 is 0. The van der Waals surface area contributed by atoms with Gasteiger partial charge in [-0.15, -0.1) is 0 Å². The molecular formula is C23H24F5N5O3S. The Morgan fingerprint density at radius 3 is 2.35 bits per heavy atom. The van der Waals surface area contributed by atoms with E-state index in [1.54, 1.807) is 0 Å². The highest BCUT2D eigenvalue weighted by Crippen LogP contribution is 2.50. The molecule has 200 valence electrons. The number of rotatable bonds is 8. The summed E-state index contributed by atoms with van der Waals surface area (Å²) in [5, 5.41) is -0.365. The highest BCUT2D eigenvalue weighted by Gasteiger charge is 2.48. The minimum atomic E-state index is -4.76. The van der Waals surface area contributed by atoms with Gasteiger partial charge in [0.15, 0.2) is 27.0 Å². The molecule has 0 aliphatic heterocycles. The van der Waals surface area contributed by atoms with Crippen LogP contribution in [0.2, 0.25) is 0 Å². The van der Waals surface area contributed by atoms with Crippen molar-refractivity contribution in [2.24, 2.45) is 13.0 Å². The van der Waals surface area contributed by atoms with Crippen molar-refractivity contribution in [1.82, 2.24) is 23.8 Å². The second-order valence-electron chi connectivity index (χ2n) is 9.01. The molecule has 0 radical (unpaired) electrons. The molecule has 1 fully saturated rings. The van der Waals surface area contributed by atoms with Gasteiger partial charge in [0.25, 0.3) is 5.92 Å². The number of carbonyl (C=O) groups is 1. The second kappa shape index (κ2) is 8.92. The fourth-order valence-corrected chi connectivity index (χ4v) is 5.23. The molecule has 3 heterocycles. The van der Waals surface area contributed by atoms with Gasteiger partial charge in [-0.1, -0.05) is 6.92 Å². The molecule has 1 aliphatic carbocycles. The number of sulfone groups is 1. The van der Waals surface area contributed by atoms with Crippen LogP contribution in [0.1, 0.15) is 41.5 Å². The van der Waals surface area contributed by atoms with Crippen molar-refractivity contribution < 1.29 is 35.2 Å². The topological polar surface area (TPSA) is 89.6 Å². The molecule has 0 bridgehead atoms. The lowest BCUT2D eigenvalue weighted by atomic mass is 10.1. The Morgan fingerprint density at radius 2 is 1.84 bits per heavy atom. The summed E-state index contributed by atoms with van der Waals surface area (Å²) in [7, 11) is -0.360. The van der Waals surface area contributed by atoms with E-state index < -0.39 is 33.6 Å². The van der Waals surface area contributed by atoms with Crippen LogP contribution in [-0.2, 0) is 22.8 Å². The fourth-order valence-electron chi connectivity index (χ4n) is 4.07. The van der Waals surface area contributed by atoms with Gasteiger partial charge in [-0.25, -0.2) is 27.2 Å². The van der Waals surface area contributed by atoms with Crippen molar-refractivity contribution >= 4 is 27.8 Å². The van der Waals surface area contributed by atoms with Gasteiger partial charge in [0.1, 0.15) is 22.7 Å². The summed E-state index contributed by atoms with van der Waals surface area (Å²) < 4.78 is 98.4. The molecule has 3 aromatic rings. The number of carbonyl (C=O) groups excluding carboxylic acids is 1. The van der Waals surface area contributed by atoms with E-state index >= 15 is 0 Å². The molecule has 0 spiro atoms. The Labute approximate surface area is 209 Å². The van der Waals surface area contributed by atoms with Crippen molar-refractivity contribution in [2.45, 2.75) is 36.9 Å². The normalized spacial score (nSPS) is 15.4. The molecule has 4 rings (SSSR count). The van der Waals surface area contributed by atoms with E-state index in [4.69, 9.17) is 0 Å². The zero-order valence-electron chi connectivity index (χ0n) is 20.3. The minimum Gasteiger partial charge on any atom is -0.374 e. The zero-order valence-corrected chi connectivity index (χ0v) is 21.2. The Balaban J connectivity index is 1.99. The SMILES string of the molecule is CCS(=O)(=O)c1c(-c2nc(/C=C(\N(C)C)C(F)(F)F)c(C=O)n2C)nc2cc(C(F)(F)C3CC3)ccn12. The lowest BCUT2D eigenvalue weighted by molar-refractivity contribution is -0.106. The van der Waals surface area contributed by atoms with E-state index in [9.17, 15) is 35.2 Å². The summed E-state index contributed by atoms with van der Waals surface area (Å²) in [6.45, 7) is 1.38. The van der Waals surface area contributed by atoms with E-state index in [2.05, 4.69) is 9.97 Å². The summed E-state index contributed by atoms with van der Waals surface area (Å²) in [5.74, 6) is -4.50. The molecule has 0 saturated heterocycles. The smallest absolute Gasteiger partial charge is 0.374 e. The van der Waals surface area contributed by atoms with Gasteiger partial charge in [-0.3, -0.25) is 9.20 Å². The summed E-state index contributed by atoms with van der Waals surface area (Å²) in [6.07, 6.45) is -1.87. The third-order valence-electron chi connectivity index (χ3n) is 6.27. The van der Waals surface area contributed by atoms with Crippen LogP contribution < -0.4 is 0 Å². The molecule has 8 nitrogen and oxygen atoms in total. The summed E-state index contributed by atoms with van der Waals surface area (Å²) in [6, 6.07) is 2.22. The van der Waals surface area contributed by atoms with Crippen LogP contribution in [0.4, 0.5) is 22.0 Å². The fraction of sp³-hybridized carbons (Fsp3) is 0.435.